The molecule has 3 aromatic carbocycles. The molecule has 2 aliphatic heterocycles. The Balaban J connectivity index is 0.00000374. The van der Waals surface area contributed by atoms with E-state index in [2.05, 4.69) is 59.6 Å². The third-order valence-electron chi connectivity index (χ3n) is 9.11. The van der Waals surface area contributed by atoms with Crippen LogP contribution in [0.1, 0.15) is 39.5 Å². The molecule has 0 amide bonds. The van der Waals surface area contributed by atoms with E-state index in [9.17, 15) is 9.90 Å². The summed E-state index contributed by atoms with van der Waals surface area (Å²) in [4.78, 5) is 31.6. The van der Waals surface area contributed by atoms with Gasteiger partial charge in [0.25, 0.3) is 0 Å². The van der Waals surface area contributed by atoms with Gasteiger partial charge in [0.05, 0.1) is 11.4 Å². The summed E-state index contributed by atoms with van der Waals surface area (Å²) in [6.07, 6.45) is 8.24. The summed E-state index contributed by atoms with van der Waals surface area (Å²) in [6.45, 7) is 0. The zero-order chi connectivity index (χ0) is 33.6. The summed E-state index contributed by atoms with van der Waals surface area (Å²) < 4.78 is 0. The fourth-order valence-corrected chi connectivity index (χ4v) is 6.86. The third kappa shape index (κ3) is 5.78. The minimum Gasteiger partial charge on any atom is -0.657 e. The summed E-state index contributed by atoms with van der Waals surface area (Å²) in [5.41, 5.74) is 11.2. The summed E-state index contributed by atoms with van der Waals surface area (Å²) in [6, 6.07) is 42.9. The topological polar surface area (TPSA) is 93.7 Å². The Morgan fingerprint density at radius 3 is 1.49 bits per heavy atom. The number of allylic oxidation sites excluding steroid dienone is 6. The number of carbonyl (C=O) groups is 1. The first kappa shape index (κ1) is 31.9. The van der Waals surface area contributed by atoms with Gasteiger partial charge in [0.1, 0.15) is 5.76 Å². The van der Waals surface area contributed by atoms with E-state index in [1.807, 2.05) is 84.9 Å². The minimum atomic E-state index is -0.279. The number of benzene rings is 3. The number of nitrogens with zero attached hydrogens (tertiary/aromatic N) is 3. The maximum atomic E-state index is 12.2. The zero-order valence-corrected chi connectivity index (χ0v) is 30.4. The van der Waals surface area contributed by atoms with Crippen molar-refractivity contribution in [3.63, 3.8) is 0 Å². The second kappa shape index (κ2) is 13.2. The average molecular weight is 710 g/mol. The van der Waals surface area contributed by atoms with E-state index in [-0.39, 0.29) is 31.0 Å². The van der Waals surface area contributed by atoms with Gasteiger partial charge in [-0.3, -0.25) is 4.79 Å². The Labute approximate surface area is 306 Å². The van der Waals surface area contributed by atoms with Crippen molar-refractivity contribution in [2.45, 2.75) is 0 Å². The number of aromatic amines is 1. The van der Waals surface area contributed by atoms with Crippen LogP contribution in [0.5, 0.6) is 0 Å². The molecule has 3 aliphatic rings. The molecule has 0 radical (unpaired) electrons. The fraction of sp³-hybridized carbons (Fsp3) is 0. The van der Waals surface area contributed by atoms with Crippen LogP contribution in [0.25, 0.3) is 22.3 Å². The number of ketones is 1. The number of aliphatic hydroxyl groups is 1. The summed E-state index contributed by atoms with van der Waals surface area (Å²) in [5.74, 6) is -0.407. The van der Waals surface area contributed by atoms with Gasteiger partial charge in [0.15, 0.2) is 5.78 Å². The van der Waals surface area contributed by atoms with Gasteiger partial charge in [-0.15, -0.1) is 22.8 Å². The summed E-state index contributed by atoms with van der Waals surface area (Å²) in [5, 5.41) is 12.9. The summed E-state index contributed by atoms with van der Waals surface area (Å²) >= 11 is 0. The van der Waals surface area contributed by atoms with Gasteiger partial charge >= 0.3 is 19.5 Å². The van der Waals surface area contributed by atoms with Crippen molar-refractivity contribution in [1.82, 2.24) is 15.0 Å². The van der Waals surface area contributed by atoms with Crippen LogP contribution in [0.2, 0.25) is 0 Å². The second-order valence-corrected chi connectivity index (χ2v) is 12.2. The predicted molar refractivity (Wildman–Crippen MR) is 196 cm³/mol. The number of hydrogen-bond donors (Lipinski definition) is 2. The van der Waals surface area contributed by atoms with Crippen molar-refractivity contribution in [3.8, 4) is 0 Å². The van der Waals surface area contributed by atoms with Crippen LogP contribution >= 0.6 is 0 Å². The van der Waals surface area contributed by atoms with Gasteiger partial charge in [0.2, 0.25) is 0 Å². The molecule has 5 heterocycles. The van der Waals surface area contributed by atoms with Crippen molar-refractivity contribution < 1.29 is 29.4 Å². The molecule has 238 valence electrons. The van der Waals surface area contributed by atoms with Gasteiger partial charge in [0, 0.05) is 22.3 Å². The van der Waals surface area contributed by atoms with Crippen LogP contribution in [0.3, 0.4) is 0 Å². The normalized spacial score (nSPS) is 20.2. The molecular weight excluding hydrogens is 682 g/mol. The largest absolute Gasteiger partial charge is 2.00 e. The molecule has 0 spiro atoms. The predicted octanol–water partition coefficient (Wildman–Crippen LogP) is 6.54. The molecular formula is C44H28N4O2Zn. The van der Waals surface area contributed by atoms with Crippen LogP contribution in [0.15, 0.2) is 180 Å². The van der Waals surface area contributed by atoms with E-state index in [0.717, 1.165) is 66.9 Å². The molecule has 51 heavy (non-hydrogen) atoms. The fourth-order valence-electron chi connectivity index (χ4n) is 6.86. The van der Waals surface area contributed by atoms with Crippen LogP contribution in [0, 0.1) is 0 Å². The molecule has 8 bridgehead atoms. The maximum Gasteiger partial charge on any atom is 2.00 e. The monoisotopic (exact) mass is 708 g/mol. The van der Waals surface area contributed by atoms with E-state index < -0.39 is 0 Å². The molecule has 9 rings (SSSR count). The number of hydrogen-bond acceptors (Lipinski definition) is 3. The number of aliphatic imine (C=N–C) groups is 1. The van der Waals surface area contributed by atoms with Crippen LogP contribution in [-0.2, 0) is 24.3 Å². The Morgan fingerprint density at radius 2 is 0.980 bits per heavy atom. The molecule has 1 aliphatic carbocycles. The standard InChI is InChI=1S/C44H29N4O2.Zn/c49-30-16-17-31(40(50)26-30)44-38-24-22-36(47-38)42(28-12-6-2-7-13-28)34-20-18-32(45-34)41(27-10-4-1-5-11-27)33-19-21-35(46-33)43(29-14-8-3-9-15-29)37-23-25-39(44)48-37;/h1-26H,(H3-,45,46,47,48,49,50);/q-1;+2/p-1/b41-32-,41-33?,42-34-,42-36?,43-35?,43-37-,44-38?,44-39?;. The van der Waals surface area contributed by atoms with Crippen LogP contribution in [-0.4, -0.2) is 21.6 Å². The van der Waals surface area contributed by atoms with E-state index in [1.165, 1.54) is 12.2 Å². The molecule has 0 fully saturated rings. The number of rotatable bonds is 3. The number of fused-ring (bicyclic) bond motifs is 7. The van der Waals surface area contributed by atoms with E-state index in [4.69, 9.17) is 15.0 Å². The van der Waals surface area contributed by atoms with Crippen molar-refractivity contribution >= 4 is 33.8 Å². The van der Waals surface area contributed by atoms with Crippen LogP contribution < -0.4 is 20.7 Å². The maximum absolute atomic E-state index is 12.2. The van der Waals surface area contributed by atoms with E-state index in [1.54, 1.807) is 6.08 Å². The Bertz CT molecular complexity index is 2650. The Kier molecular flexibility index (Phi) is 8.27. The summed E-state index contributed by atoms with van der Waals surface area (Å²) in [7, 11) is 0. The molecule has 0 saturated heterocycles. The van der Waals surface area contributed by atoms with Crippen molar-refractivity contribution in [3.05, 3.63) is 225 Å². The van der Waals surface area contributed by atoms with Gasteiger partial charge in [-0.2, -0.15) is 0 Å². The van der Waals surface area contributed by atoms with Crippen molar-refractivity contribution in [2.75, 3.05) is 0 Å². The molecule has 6 nitrogen and oxygen atoms in total. The molecule has 3 aromatic heterocycles. The van der Waals surface area contributed by atoms with E-state index in [0.29, 0.717) is 22.6 Å². The van der Waals surface area contributed by atoms with Gasteiger partial charge < -0.3 is 20.1 Å². The smallest absolute Gasteiger partial charge is 0.657 e. The zero-order valence-electron chi connectivity index (χ0n) is 27.4. The van der Waals surface area contributed by atoms with Gasteiger partial charge in [-0.05, 0) is 75.4 Å². The molecule has 2 N–H and O–H groups in total. The minimum absolute atomic E-state index is 0. The number of aromatic nitrogens is 3. The number of aliphatic hydroxyl groups excluding tert-OH is 1. The molecule has 7 heteroatoms. The first-order chi connectivity index (χ1) is 24.6. The quantitative estimate of drug-likeness (QED) is 0.204. The molecule has 0 saturated carbocycles. The number of carbonyl (C=O) groups excluding carboxylic acids is 1. The second-order valence-electron chi connectivity index (χ2n) is 12.2. The SMILES string of the molecule is O=C1C=C/C(=C2C3=N/C(=C(/c4ccccc4)c4ccc([n-]4)/C(c4ccccc4)=c4/cc/c([nH]4)=C(\c4ccccc4)c4ccc/2[n-]4)C=C3)C(O)=C1.[Zn+2]. The van der Waals surface area contributed by atoms with E-state index >= 15 is 0 Å². The van der Waals surface area contributed by atoms with Crippen molar-refractivity contribution in [2.24, 2.45) is 4.99 Å². The number of H-pyrrole nitrogens is 1. The Morgan fingerprint density at radius 1 is 0.510 bits per heavy atom. The molecule has 6 aromatic rings. The Hall–Kier alpha value is -6.30. The van der Waals surface area contributed by atoms with Crippen LogP contribution in [0.4, 0.5) is 0 Å². The molecule has 0 unspecified atom stereocenters. The molecule has 0 atom stereocenters. The number of nitrogens with one attached hydrogen (secondary N) is 1. The van der Waals surface area contributed by atoms with Gasteiger partial charge in [-0.1, -0.05) is 115 Å². The van der Waals surface area contributed by atoms with Gasteiger partial charge in [-0.25, -0.2) is 4.99 Å². The first-order valence-corrected chi connectivity index (χ1v) is 16.4. The third-order valence-corrected chi connectivity index (χ3v) is 9.11. The average Bonchev–Trinajstić information content (AvgIpc) is 3.98. The van der Waals surface area contributed by atoms with Crippen molar-refractivity contribution in [1.29, 1.82) is 0 Å². The first-order valence-electron chi connectivity index (χ1n) is 16.4.